The van der Waals surface area contributed by atoms with E-state index in [9.17, 15) is 18.4 Å². The predicted molar refractivity (Wildman–Crippen MR) is 168 cm³/mol. The number of carbonyl (C=O) groups is 2. The highest BCUT2D eigenvalue weighted by Crippen LogP contribution is 2.36. The van der Waals surface area contributed by atoms with Gasteiger partial charge < -0.3 is 19.3 Å². The fourth-order valence-corrected chi connectivity index (χ4v) is 6.00. The largest absolute Gasteiger partial charge is 0.494 e. The third-order valence-corrected chi connectivity index (χ3v) is 8.47. The van der Waals surface area contributed by atoms with Crippen molar-refractivity contribution in [2.75, 3.05) is 52.6 Å². The summed E-state index contributed by atoms with van der Waals surface area (Å²) in [4.78, 5) is 28.6. The number of carboxylic acids is 1. The summed E-state index contributed by atoms with van der Waals surface area (Å²) in [5.74, 6) is -2.05. The third-order valence-electron chi connectivity index (χ3n) is 7.09. The Bertz CT molecular complexity index is 1560. The van der Waals surface area contributed by atoms with Crippen LogP contribution in [-0.4, -0.2) is 83.7 Å². The highest BCUT2D eigenvalue weighted by Gasteiger charge is 2.32. The lowest BCUT2D eigenvalue weighted by molar-refractivity contribution is -0.122. The Morgan fingerprint density at radius 3 is 2.41 bits per heavy atom. The summed E-state index contributed by atoms with van der Waals surface area (Å²) < 4.78 is 45.2. The van der Waals surface area contributed by atoms with Gasteiger partial charge in [0, 0.05) is 31.7 Å². The maximum absolute atomic E-state index is 14.0. The molecular weight excluding hydrogens is 610 g/mol. The highest BCUT2D eigenvalue weighted by molar-refractivity contribution is 8.26. The van der Waals surface area contributed by atoms with Gasteiger partial charge in [0.25, 0.3) is 5.91 Å². The van der Waals surface area contributed by atoms with Crippen molar-refractivity contribution >= 4 is 46.3 Å². The molecule has 230 valence electrons. The SMILES string of the molecule is O=C(O)c1ccc(OCCCN2C(=O)C(=Cc3cc(-c4ccc(F)c(F)c4)ccc3OCCN3CCOCC3)SC2=S)cc1. The molecule has 2 heterocycles. The van der Waals surface area contributed by atoms with Gasteiger partial charge in [-0.3, -0.25) is 14.6 Å². The number of ether oxygens (including phenoxy) is 3. The van der Waals surface area contributed by atoms with Crippen molar-refractivity contribution in [3.63, 3.8) is 0 Å². The molecule has 0 bridgehead atoms. The molecule has 0 saturated carbocycles. The van der Waals surface area contributed by atoms with Gasteiger partial charge in [-0.1, -0.05) is 36.1 Å². The van der Waals surface area contributed by atoms with Gasteiger partial charge in [-0.2, -0.15) is 0 Å². The number of carbonyl (C=O) groups excluding carboxylic acids is 1. The molecule has 2 saturated heterocycles. The van der Waals surface area contributed by atoms with Crippen molar-refractivity contribution in [1.82, 2.24) is 9.80 Å². The lowest BCUT2D eigenvalue weighted by Gasteiger charge is -2.26. The Labute approximate surface area is 263 Å². The number of thioether (sulfide) groups is 1. The van der Waals surface area contributed by atoms with Gasteiger partial charge >= 0.3 is 5.97 Å². The van der Waals surface area contributed by atoms with E-state index in [1.165, 1.54) is 34.9 Å². The molecule has 3 aromatic rings. The van der Waals surface area contributed by atoms with Gasteiger partial charge in [0.1, 0.15) is 22.4 Å². The minimum atomic E-state index is -1.01. The number of benzene rings is 3. The van der Waals surface area contributed by atoms with E-state index >= 15 is 0 Å². The maximum atomic E-state index is 14.0. The van der Waals surface area contributed by atoms with Crippen LogP contribution in [0.4, 0.5) is 8.78 Å². The van der Waals surface area contributed by atoms with Crippen LogP contribution in [0.2, 0.25) is 0 Å². The number of hydrogen-bond acceptors (Lipinski definition) is 8. The monoisotopic (exact) mass is 640 g/mol. The van der Waals surface area contributed by atoms with Crippen molar-refractivity contribution in [1.29, 1.82) is 0 Å². The molecule has 1 N–H and O–H groups in total. The normalized spacial score (nSPS) is 16.5. The molecule has 2 fully saturated rings. The van der Waals surface area contributed by atoms with Gasteiger partial charge in [-0.25, -0.2) is 13.6 Å². The van der Waals surface area contributed by atoms with Crippen LogP contribution in [-0.2, 0) is 9.53 Å². The van der Waals surface area contributed by atoms with Crippen molar-refractivity contribution in [3.05, 3.63) is 88.3 Å². The Morgan fingerprint density at radius 2 is 1.68 bits per heavy atom. The number of rotatable bonds is 12. The van der Waals surface area contributed by atoms with Crippen LogP contribution in [0.15, 0.2) is 65.6 Å². The fourth-order valence-electron chi connectivity index (χ4n) is 4.70. The molecular formula is C32H30F2N2O6S2. The number of halogens is 2. The van der Waals surface area contributed by atoms with Crippen LogP contribution >= 0.6 is 24.0 Å². The minimum Gasteiger partial charge on any atom is -0.494 e. The molecule has 0 atom stereocenters. The second-order valence-electron chi connectivity index (χ2n) is 10.0. The Balaban J connectivity index is 1.28. The number of nitrogens with zero attached hydrogens (tertiary/aromatic N) is 2. The first-order chi connectivity index (χ1) is 21.3. The molecule has 0 spiro atoms. The molecule has 2 aliphatic heterocycles. The van der Waals surface area contributed by atoms with Crippen LogP contribution in [0, 0.1) is 11.6 Å². The van der Waals surface area contributed by atoms with Gasteiger partial charge in [0.15, 0.2) is 11.6 Å². The van der Waals surface area contributed by atoms with Gasteiger partial charge in [-0.15, -0.1) is 0 Å². The van der Waals surface area contributed by atoms with Gasteiger partial charge in [-0.05, 0) is 72.2 Å². The Hall–Kier alpha value is -3.84. The molecule has 12 heteroatoms. The van der Waals surface area contributed by atoms with E-state index in [4.69, 9.17) is 31.5 Å². The van der Waals surface area contributed by atoms with E-state index in [1.54, 1.807) is 36.4 Å². The second kappa shape index (κ2) is 14.8. The molecule has 0 aromatic heterocycles. The van der Waals surface area contributed by atoms with Crippen LogP contribution in [0.5, 0.6) is 11.5 Å². The zero-order valence-corrected chi connectivity index (χ0v) is 25.3. The molecule has 3 aromatic carbocycles. The third kappa shape index (κ3) is 8.00. The van der Waals surface area contributed by atoms with Crippen LogP contribution in [0.25, 0.3) is 17.2 Å². The molecule has 1 amide bonds. The van der Waals surface area contributed by atoms with Crippen molar-refractivity contribution < 1.29 is 37.7 Å². The number of morpholine rings is 1. The smallest absolute Gasteiger partial charge is 0.335 e. The van der Waals surface area contributed by atoms with Gasteiger partial charge in [0.2, 0.25) is 0 Å². The summed E-state index contributed by atoms with van der Waals surface area (Å²) in [6.07, 6.45) is 2.22. The molecule has 44 heavy (non-hydrogen) atoms. The first-order valence-corrected chi connectivity index (χ1v) is 15.2. The molecule has 5 rings (SSSR count). The summed E-state index contributed by atoms with van der Waals surface area (Å²) in [7, 11) is 0. The van der Waals surface area contributed by atoms with Crippen LogP contribution in [0.1, 0.15) is 22.3 Å². The van der Waals surface area contributed by atoms with Crippen molar-refractivity contribution in [3.8, 4) is 22.6 Å². The Kier molecular flexibility index (Phi) is 10.6. The number of amides is 1. The van der Waals surface area contributed by atoms with E-state index in [1.807, 2.05) is 0 Å². The molecule has 0 unspecified atom stereocenters. The zero-order chi connectivity index (χ0) is 31.1. The number of carboxylic acid groups (broad SMARTS) is 1. The number of thiocarbonyl (C=S) groups is 1. The summed E-state index contributed by atoms with van der Waals surface area (Å²) in [6, 6.07) is 15.1. The van der Waals surface area contributed by atoms with Crippen LogP contribution < -0.4 is 9.47 Å². The van der Waals surface area contributed by atoms with E-state index in [-0.39, 0.29) is 11.5 Å². The molecule has 8 nitrogen and oxygen atoms in total. The highest BCUT2D eigenvalue weighted by atomic mass is 32.2. The lowest BCUT2D eigenvalue weighted by atomic mass is 10.0. The van der Waals surface area contributed by atoms with Crippen molar-refractivity contribution in [2.45, 2.75) is 6.42 Å². The van der Waals surface area contributed by atoms with Gasteiger partial charge in [0.05, 0.1) is 30.3 Å². The average Bonchev–Trinajstić information content (AvgIpc) is 3.29. The molecule has 0 aliphatic carbocycles. The average molecular weight is 641 g/mol. The summed E-state index contributed by atoms with van der Waals surface area (Å²) >= 11 is 6.69. The van der Waals surface area contributed by atoms with Crippen molar-refractivity contribution in [2.24, 2.45) is 0 Å². The van der Waals surface area contributed by atoms with E-state index in [0.717, 1.165) is 25.2 Å². The quantitative estimate of drug-likeness (QED) is 0.152. The predicted octanol–water partition coefficient (Wildman–Crippen LogP) is 5.71. The number of hydrogen-bond donors (Lipinski definition) is 1. The Morgan fingerprint density at radius 1 is 0.955 bits per heavy atom. The fraction of sp³-hybridized carbons (Fsp3) is 0.281. The first-order valence-electron chi connectivity index (χ1n) is 14.0. The van der Waals surface area contributed by atoms with E-state index in [2.05, 4.69) is 4.90 Å². The topological polar surface area (TPSA) is 88.5 Å². The van der Waals surface area contributed by atoms with E-state index in [0.29, 0.717) is 83.4 Å². The molecule has 0 radical (unpaired) electrons. The summed E-state index contributed by atoms with van der Waals surface area (Å²) in [5.41, 5.74) is 1.91. The zero-order valence-electron chi connectivity index (χ0n) is 23.7. The van der Waals surface area contributed by atoms with E-state index < -0.39 is 17.6 Å². The lowest BCUT2D eigenvalue weighted by Crippen LogP contribution is -2.38. The minimum absolute atomic E-state index is 0.169. The molecule has 2 aliphatic rings. The maximum Gasteiger partial charge on any atom is 0.335 e. The van der Waals surface area contributed by atoms with Crippen LogP contribution in [0.3, 0.4) is 0 Å². The number of aromatic carboxylic acids is 1. The summed E-state index contributed by atoms with van der Waals surface area (Å²) in [5, 5.41) is 9.03. The second-order valence-corrected chi connectivity index (χ2v) is 11.7. The standard InChI is InChI=1S/C32H30F2N2O6S2/c33-26-8-4-23(19-27(26)34)22-5-9-28(42-17-13-35-11-15-40-16-12-35)24(18-22)20-29-30(37)36(32(43)44-29)10-1-14-41-25-6-2-21(3-7-25)31(38)39/h2-9,18-20H,1,10-17H2,(H,38,39). The first kappa shape index (κ1) is 31.6. The summed E-state index contributed by atoms with van der Waals surface area (Å²) in [6.45, 7) is 4.80.